The number of unbranched alkanes of at least 4 members (excludes halogenated alkanes) is 1. The first kappa shape index (κ1) is 13.9. The first-order valence-electron chi connectivity index (χ1n) is 5.26. The highest BCUT2D eigenvalue weighted by molar-refractivity contribution is 5.81. The minimum atomic E-state index is -0.390. The summed E-state index contributed by atoms with van der Waals surface area (Å²) in [7, 11) is 0. The first-order valence-corrected chi connectivity index (χ1v) is 5.26. The summed E-state index contributed by atoms with van der Waals surface area (Å²) in [6.07, 6.45) is 5.59. The van der Waals surface area contributed by atoms with E-state index in [0.29, 0.717) is 13.2 Å². The van der Waals surface area contributed by atoms with E-state index in [1.165, 1.54) is 6.08 Å². The molecule has 0 bridgehead atoms. The standard InChI is InChI=1S/C12H20O3/c1-4-7-8-11(10-14-9-5-2)15-12(13)6-3/h5-6,11H,2-4,7-10H2,1H3. The van der Waals surface area contributed by atoms with Gasteiger partial charge in [0.1, 0.15) is 6.10 Å². The summed E-state index contributed by atoms with van der Waals surface area (Å²) in [5.41, 5.74) is 0. The van der Waals surface area contributed by atoms with E-state index >= 15 is 0 Å². The van der Waals surface area contributed by atoms with Gasteiger partial charge in [-0.1, -0.05) is 26.0 Å². The van der Waals surface area contributed by atoms with Crippen LogP contribution in [0.4, 0.5) is 0 Å². The molecule has 86 valence electrons. The molecule has 1 unspecified atom stereocenters. The first-order chi connectivity index (χ1) is 7.24. The average molecular weight is 212 g/mol. The molecule has 15 heavy (non-hydrogen) atoms. The van der Waals surface area contributed by atoms with Crippen molar-refractivity contribution in [3.8, 4) is 0 Å². The molecule has 0 heterocycles. The van der Waals surface area contributed by atoms with Gasteiger partial charge in [0.2, 0.25) is 0 Å². The summed E-state index contributed by atoms with van der Waals surface area (Å²) < 4.78 is 10.4. The predicted octanol–water partition coefficient (Wildman–Crippen LogP) is 2.48. The largest absolute Gasteiger partial charge is 0.457 e. The Morgan fingerprint density at radius 3 is 2.73 bits per heavy atom. The molecule has 1 atom stereocenters. The molecule has 0 aromatic heterocycles. The molecule has 0 aromatic carbocycles. The fraction of sp³-hybridized carbons (Fsp3) is 0.583. The van der Waals surface area contributed by atoms with E-state index in [2.05, 4.69) is 20.1 Å². The number of hydrogen-bond donors (Lipinski definition) is 0. The molecule has 0 saturated heterocycles. The monoisotopic (exact) mass is 212 g/mol. The van der Waals surface area contributed by atoms with Crippen molar-refractivity contribution in [2.24, 2.45) is 0 Å². The third kappa shape index (κ3) is 7.94. The maximum Gasteiger partial charge on any atom is 0.330 e. The Morgan fingerprint density at radius 1 is 1.47 bits per heavy atom. The summed E-state index contributed by atoms with van der Waals surface area (Å²) in [5, 5.41) is 0. The quantitative estimate of drug-likeness (QED) is 0.255. The van der Waals surface area contributed by atoms with Gasteiger partial charge in [0.05, 0.1) is 13.2 Å². The fourth-order valence-corrected chi connectivity index (χ4v) is 1.10. The molecule has 0 aromatic rings. The molecule has 0 fully saturated rings. The van der Waals surface area contributed by atoms with Gasteiger partial charge in [-0.05, 0) is 12.8 Å². The number of hydrogen-bond acceptors (Lipinski definition) is 3. The molecular formula is C12H20O3. The normalized spacial score (nSPS) is 11.8. The van der Waals surface area contributed by atoms with E-state index in [1.807, 2.05) is 0 Å². The van der Waals surface area contributed by atoms with E-state index < -0.39 is 5.97 Å². The fourth-order valence-electron chi connectivity index (χ4n) is 1.10. The molecule has 0 N–H and O–H groups in total. The van der Waals surface area contributed by atoms with Crippen LogP contribution < -0.4 is 0 Å². The number of carbonyl (C=O) groups excluding carboxylic acids is 1. The summed E-state index contributed by atoms with van der Waals surface area (Å²) in [5.74, 6) is -0.390. The van der Waals surface area contributed by atoms with Crippen molar-refractivity contribution in [1.29, 1.82) is 0 Å². The van der Waals surface area contributed by atoms with Crippen molar-refractivity contribution >= 4 is 5.97 Å². The summed E-state index contributed by atoms with van der Waals surface area (Å²) in [6.45, 7) is 9.90. The van der Waals surface area contributed by atoms with Crippen LogP contribution in [-0.4, -0.2) is 25.3 Å². The molecule has 0 aliphatic rings. The van der Waals surface area contributed by atoms with Crippen LogP contribution in [-0.2, 0) is 14.3 Å². The van der Waals surface area contributed by atoms with Crippen LogP contribution >= 0.6 is 0 Å². The van der Waals surface area contributed by atoms with Gasteiger partial charge in [-0.15, -0.1) is 6.58 Å². The van der Waals surface area contributed by atoms with Crippen LogP contribution in [0.3, 0.4) is 0 Å². The van der Waals surface area contributed by atoms with Crippen LogP contribution in [0, 0.1) is 0 Å². The Bertz CT molecular complexity index is 199. The highest BCUT2D eigenvalue weighted by Crippen LogP contribution is 2.06. The van der Waals surface area contributed by atoms with Gasteiger partial charge in [0.25, 0.3) is 0 Å². The predicted molar refractivity (Wildman–Crippen MR) is 60.6 cm³/mol. The average Bonchev–Trinajstić information content (AvgIpc) is 2.25. The van der Waals surface area contributed by atoms with Crippen LogP contribution in [0.1, 0.15) is 26.2 Å². The van der Waals surface area contributed by atoms with Gasteiger partial charge >= 0.3 is 5.97 Å². The van der Waals surface area contributed by atoms with Gasteiger partial charge in [0, 0.05) is 6.08 Å². The lowest BCUT2D eigenvalue weighted by molar-refractivity contribution is -0.146. The van der Waals surface area contributed by atoms with Crippen LogP contribution in [0.25, 0.3) is 0 Å². The molecule has 0 rings (SSSR count). The number of esters is 1. The second kappa shape index (κ2) is 9.46. The van der Waals surface area contributed by atoms with Crippen LogP contribution in [0.2, 0.25) is 0 Å². The minimum absolute atomic E-state index is 0.171. The maximum atomic E-state index is 11.0. The zero-order chi connectivity index (χ0) is 11.5. The second-order valence-electron chi connectivity index (χ2n) is 3.23. The highest BCUT2D eigenvalue weighted by atomic mass is 16.6. The van der Waals surface area contributed by atoms with Crippen molar-refractivity contribution in [1.82, 2.24) is 0 Å². The van der Waals surface area contributed by atoms with E-state index in [1.54, 1.807) is 6.08 Å². The van der Waals surface area contributed by atoms with Gasteiger partial charge in [0.15, 0.2) is 0 Å². The third-order valence-electron chi connectivity index (χ3n) is 1.87. The van der Waals surface area contributed by atoms with Gasteiger partial charge in [-0.25, -0.2) is 4.79 Å². The molecule has 3 nitrogen and oxygen atoms in total. The SMILES string of the molecule is C=CCOCC(CCCC)OC(=O)C=C. The molecule has 0 aliphatic heterocycles. The van der Waals surface area contributed by atoms with Gasteiger partial charge in [-0.3, -0.25) is 0 Å². The Hall–Kier alpha value is -1.09. The zero-order valence-electron chi connectivity index (χ0n) is 9.41. The second-order valence-corrected chi connectivity index (χ2v) is 3.23. The molecular weight excluding hydrogens is 192 g/mol. The number of rotatable bonds is 9. The highest BCUT2D eigenvalue weighted by Gasteiger charge is 2.11. The molecule has 3 heteroatoms. The summed E-state index contributed by atoms with van der Waals surface area (Å²) in [6, 6.07) is 0. The Labute approximate surface area is 91.8 Å². The van der Waals surface area contributed by atoms with E-state index in [-0.39, 0.29) is 6.10 Å². The summed E-state index contributed by atoms with van der Waals surface area (Å²) in [4.78, 5) is 11.0. The van der Waals surface area contributed by atoms with Crippen molar-refractivity contribution < 1.29 is 14.3 Å². The Morgan fingerprint density at radius 2 is 2.20 bits per heavy atom. The van der Waals surface area contributed by atoms with E-state index in [4.69, 9.17) is 9.47 Å². The Balaban J connectivity index is 3.87. The van der Waals surface area contributed by atoms with Crippen molar-refractivity contribution in [3.05, 3.63) is 25.3 Å². The van der Waals surface area contributed by atoms with Gasteiger partial charge in [-0.2, -0.15) is 0 Å². The zero-order valence-corrected chi connectivity index (χ0v) is 9.41. The molecule has 0 amide bonds. The third-order valence-corrected chi connectivity index (χ3v) is 1.87. The minimum Gasteiger partial charge on any atom is -0.457 e. The van der Waals surface area contributed by atoms with Crippen molar-refractivity contribution in [2.75, 3.05) is 13.2 Å². The topological polar surface area (TPSA) is 35.5 Å². The van der Waals surface area contributed by atoms with Gasteiger partial charge < -0.3 is 9.47 Å². The Kier molecular flexibility index (Phi) is 8.78. The van der Waals surface area contributed by atoms with Crippen molar-refractivity contribution in [2.45, 2.75) is 32.3 Å². The molecule has 0 radical (unpaired) electrons. The lowest BCUT2D eigenvalue weighted by Crippen LogP contribution is -2.22. The van der Waals surface area contributed by atoms with E-state index in [0.717, 1.165) is 19.3 Å². The molecule has 0 aliphatic carbocycles. The molecule has 0 saturated carbocycles. The van der Waals surface area contributed by atoms with Crippen LogP contribution in [0.15, 0.2) is 25.3 Å². The lowest BCUT2D eigenvalue weighted by atomic mass is 10.2. The maximum absolute atomic E-state index is 11.0. The number of ether oxygens (including phenoxy) is 2. The van der Waals surface area contributed by atoms with E-state index in [9.17, 15) is 4.79 Å². The summed E-state index contributed by atoms with van der Waals surface area (Å²) >= 11 is 0. The smallest absolute Gasteiger partial charge is 0.330 e. The number of carbonyl (C=O) groups is 1. The van der Waals surface area contributed by atoms with Crippen LogP contribution in [0.5, 0.6) is 0 Å². The van der Waals surface area contributed by atoms with Crippen molar-refractivity contribution in [3.63, 3.8) is 0 Å². The lowest BCUT2D eigenvalue weighted by Gasteiger charge is -2.16. The molecule has 0 spiro atoms.